The summed E-state index contributed by atoms with van der Waals surface area (Å²) in [7, 11) is -5.62. The highest BCUT2D eigenvalue weighted by Gasteiger charge is 2.67. The summed E-state index contributed by atoms with van der Waals surface area (Å²) in [5.74, 6) is -0.820. The molecule has 2 N–H and O–H groups in total. The highest BCUT2D eigenvalue weighted by molar-refractivity contribution is 7.86. The van der Waals surface area contributed by atoms with Crippen LogP contribution in [0.4, 0.5) is 8.78 Å². The lowest BCUT2D eigenvalue weighted by atomic mass is 9.73. The molecule has 0 aliphatic heterocycles. The standard InChI is InChI=1S/C12H16F2O6S/c13-12(14,21(17,18)19)6-20-9(15)11-3-7-1-8(11)4-10(16,2-7)5-11/h7-8,16H,1-6H2,(H,17,18,19). The molecule has 0 aromatic rings. The van der Waals surface area contributed by atoms with E-state index in [1.807, 2.05) is 0 Å². The van der Waals surface area contributed by atoms with Gasteiger partial charge in [-0.15, -0.1) is 0 Å². The van der Waals surface area contributed by atoms with E-state index < -0.39 is 39.0 Å². The molecule has 4 atom stereocenters. The Kier molecular flexibility index (Phi) is 2.98. The Morgan fingerprint density at radius 3 is 2.57 bits per heavy atom. The summed E-state index contributed by atoms with van der Waals surface area (Å²) >= 11 is 0. The second-order valence-electron chi connectivity index (χ2n) is 6.66. The highest BCUT2D eigenvalue weighted by Crippen LogP contribution is 2.67. The fraction of sp³-hybridized carbons (Fsp3) is 0.917. The quantitative estimate of drug-likeness (QED) is 0.589. The largest absolute Gasteiger partial charge is 0.458 e. The summed E-state index contributed by atoms with van der Waals surface area (Å²) in [6.07, 6.45) is 2.48. The minimum atomic E-state index is -5.62. The van der Waals surface area contributed by atoms with Crippen molar-refractivity contribution < 1.29 is 36.4 Å². The molecule has 4 fully saturated rings. The van der Waals surface area contributed by atoms with E-state index in [0.29, 0.717) is 19.3 Å². The van der Waals surface area contributed by atoms with Gasteiger partial charge in [0.05, 0.1) is 11.0 Å². The normalized spacial score (nSPS) is 41.5. The highest BCUT2D eigenvalue weighted by atomic mass is 32.2. The van der Waals surface area contributed by atoms with E-state index >= 15 is 0 Å². The van der Waals surface area contributed by atoms with E-state index in [4.69, 9.17) is 4.55 Å². The Hall–Kier alpha value is -0.800. The zero-order valence-electron chi connectivity index (χ0n) is 11.1. The molecular weight excluding hydrogens is 310 g/mol. The number of rotatable bonds is 4. The van der Waals surface area contributed by atoms with Gasteiger partial charge in [0.2, 0.25) is 0 Å². The molecule has 4 saturated carbocycles. The van der Waals surface area contributed by atoms with E-state index in [1.165, 1.54) is 0 Å². The third-order valence-corrected chi connectivity index (χ3v) is 6.02. The predicted octanol–water partition coefficient (Wildman–Crippen LogP) is 0.951. The Morgan fingerprint density at radius 2 is 2.00 bits per heavy atom. The predicted molar refractivity (Wildman–Crippen MR) is 64.9 cm³/mol. The van der Waals surface area contributed by atoms with Crippen molar-refractivity contribution in [2.45, 2.75) is 43.0 Å². The van der Waals surface area contributed by atoms with Gasteiger partial charge in [-0.3, -0.25) is 9.35 Å². The fourth-order valence-corrected chi connectivity index (χ4v) is 4.75. The number of hydrogen-bond acceptors (Lipinski definition) is 5. The Bertz CT molecular complexity index is 591. The summed E-state index contributed by atoms with van der Waals surface area (Å²) in [5.41, 5.74) is -1.91. The number of ether oxygens (including phenoxy) is 1. The summed E-state index contributed by atoms with van der Waals surface area (Å²) in [5, 5.41) is 5.78. The minimum Gasteiger partial charge on any atom is -0.458 e. The molecule has 0 aromatic carbocycles. The number of carbonyl (C=O) groups excluding carboxylic acids is 1. The van der Waals surface area contributed by atoms with Gasteiger partial charge in [0.25, 0.3) is 0 Å². The van der Waals surface area contributed by atoms with Crippen LogP contribution in [0.1, 0.15) is 32.1 Å². The number of hydrogen-bond donors (Lipinski definition) is 2. The van der Waals surface area contributed by atoms with Crippen molar-refractivity contribution in [1.29, 1.82) is 0 Å². The van der Waals surface area contributed by atoms with Crippen molar-refractivity contribution >= 4 is 16.1 Å². The van der Waals surface area contributed by atoms with E-state index in [1.54, 1.807) is 0 Å². The third-order valence-electron chi connectivity index (χ3n) is 5.15. The zero-order valence-corrected chi connectivity index (χ0v) is 11.9. The number of halogens is 2. The fourth-order valence-electron chi connectivity index (χ4n) is 4.54. The monoisotopic (exact) mass is 326 g/mol. The molecular formula is C12H16F2O6S. The molecule has 4 rings (SSSR count). The van der Waals surface area contributed by atoms with Crippen LogP contribution < -0.4 is 0 Å². The van der Waals surface area contributed by atoms with E-state index in [-0.39, 0.29) is 18.3 Å². The molecule has 4 bridgehead atoms. The van der Waals surface area contributed by atoms with Crippen LogP contribution in [0.25, 0.3) is 0 Å². The van der Waals surface area contributed by atoms with Gasteiger partial charge in [-0.05, 0) is 43.9 Å². The van der Waals surface area contributed by atoms with Gasteiger partial charge in [-0.25, -0.2) is 0 Å². The lowest BCUT2D eigenvalue weighted by Crippen LogP contribution is -2.42. The second kappa shape index (κ2) is 4.14. The first kappa shape index (κ1) is 15.1. The van der Waals surface area contributed by atoms with Gasteiger partial charge in [0.1, 0.15) is 0 Å². The molecule has 4 unspecified atom stereocenters. The molecule has 0 aromatic heterocycles. The molecule has 21 heavy (non-hydrogen) atoms. The number of esters is 1. The SMILES string of the molecule is O=C(OCC(F)(F)S(=O)(=O)O)C12CC3CC1CC(O)(C3)C2. The molecule has 0 saturated heterocycles. The molecule has 0 heterocycles. The van der Waals surface area contributed by atoms with Crippen LogP contribution in [-0.2, 0) is 19.6 Å². The lowest BCUT2D eigenvalue weighted by Gasteiger charge is -2.36. The minimum absolute atomic E-state index is 0.104. The maximum atomic E-state index is 13.1. The van der Waals surface area contributed by atoms with Gasteiger partial charge in [0.15, 0.2) is 6.61 Å². The second-order valence-corrected chi connectivity index (χ2v) is 8.20. The van der Waals surface area contributed by atoms with E-state index in [0.717, 1.165) is 6.42 Å². The number of alkyl halides is 2. The molecule has 0 spiro atoms. The van der Waals surface area contributed by atoms with E-state index in [2.05, 4.69) is 4.74 Å². The van der Waals surface area contributed by atoms with Gasteiger partial charge < -0.3 is 9.84 Å². The number of aliphatic hydroxyl groups is 1. The van der Waals surface area contributed by atoms with Crippen LogP contribution in [0.5, 0.6) is 0 Å². The van der Waals surface area contributed by atoms with Gasteiger partial charge in [0, 0.05) is 0 Å². The molecule has 4 aliphatic carbocycles. The van der Waals surface area contributed by atoms with Gasteiger partial charge in [-0.2, -0.15) is 17.2 Å². The van der Waals surface area contributed by atoms with Crippen molar-refractivity contribution in [2.75, 3.05) is 6.61 Å². The molecule has 0 radical (unpaired) electrons. The summed E-state index contributed by atoms with van der Waals surface area (Å²) in [6.45, 7) is -1.71. The average molecular weight is 326 g/mol. The number of carbonyl (C=O) groups is 1. The zero-order chi connectivity index (χ0) is 15.7. The Morgan fingerprint density at radius 1 is 1.33 bits per heavy atom. The molecule has 0 amide bonds. The average Bonchev–Trinajstić information content (AvgIpc) is 2.67. The summed E-state index contributed by atoms with van der Waals surface area (Å²) < 4.78 is 60.1. The van der Waals surface area contributed by atoms with Crippen molar-refractivity contribution in [3.63, 3.8) is 0 Å². The third kappa shape index (κ3) is 2.17. The topological polar surface area (TPSA) is 101 Å². The van der Waals surface area contributed by atoms with Crippen molar-refractivity contribution in [3.8, 4) is 0 Å². The van der Waals surface area contributed by atoms with Crippen LogP contribution in [0, 0.1) is 17.3 Å². The maximum Gasteiger partial charge on any atom is 0.402 e. The summed E-state index contributed by atoms with van der Waals surface area (Å²) in [6, 6.07) is 0. The first-order valence-electron chi connectivity index (χ1n) is 6.72. The molecule has 4 aliphatic rings. The van der Waals surface area contributed by atoms with E-state index in [9.17, 15) is 27.1 Å². The van der Waals surface area contributed by atoms with Crippen molar-refractivity contribution in [3.05, 3.63) is 0 Å². The van der Waals surface area contributed by atoms with Crippen LogP contribution in [0.3, 0.4) is 0 Å². The van der Waals surface area contributed by atoms with Crippen LogP contribution in [0.15, 0.2) is 0 Å². The Labute approximate surface area is 120 Å². The first-order chi connectivity index (χ1) is 9.48. The molecule has 6 nitrogen and oxygen atoms in total. The van der Waals surface area contributed by atoms with Crippen LogP contribution in [-0.4, -0.2) is 41.5 Å². The van der Waals surface area contributed by atoms with Crippen molar-refractivity contribution in [2.24, 2.45) is 17.3 Å². The summed E-state index contributed by atoms with van der Waals surface area (Å²) in [4.78, 5) is 12.2. The van der Waals surface area contributed by atoms with Crippen molar-refractivity contribution in [1.82, 2.24) is 0 Å². The molecule has 9 heteroatoms. The lowest BCUT2D eigenvalue weighted by molar-refractivity contribution is -0.165. The van der Waals surface area contributed by atoms with Crippen LogP contribution >= 0.6 is 0 Å². The van der Waals surface area contributed by atoms with Gasteiger partial charge in [-0.1, -0.05) is 0 Å². The van der Waals surface area contributed by atoms with Gasteiger partial charge >= 0.3 is 21.3 Å². The van der Waals surface area contributed by atoms with Crippen LogP contribution in [0.2, 0.25) is 0 Å². The Balaban J connectivity index is 1.73. The first-order valence-corrected chi connectivity index (χ1v) is 8.16. The molecule has 120 valence electrons. The smallest absolute Gasteiger partial charge is 0.402 e. The maximum absolute atomic E-state index is 13.1.